The monoisotopic (exact) mass is 436 g/mol. The van der Waals surface area contributed by atoms with Crippen molar-refractivity contribution in [1.82, 2.24) is 30.1 Å². The van der Waals surface area contributed by atoms with Crippen molar-refractivity contribution >= 4 is 11.8 Å². The highest BCUT2D eigenvalue weighted by atomic mass is 16.5. The van der Waals surface area contributed by atoms with Gasteiger partial charge in [-0.25, -0.2) is 4.68 Å². The molecule has 3 rings (SSSR count). The van der Waals surface area contributed by atoms with Gasteiger partial charge in [-0.05, 0) is 18.3 Å². The van der Waals surface area contributed by atoms with E-state index in [1.165, 1.54) is 11.9 Å². The second kappa shape index (κ2) is 9.62. The lowest BCUT2D eigenvalue weighted by molar-refractivity contribution is -0.144. The molecule has 2 N–H and O–H groups in total. The van der Waals surface area contributed by atoms with Crippen LogP contribution in [0.4, 0.5) is 0 Å². The Morgan fingerprint density at radius 1 is 1.32 bits per heavy atom. The first-order chi connectivity index (χ1) is 14.6. The Bertz CT molecular complexity index is 768. The Morgan fingerprint density at radius 2 is 2.00 bits per heavy atom. The molecule has 2 amide bonds. The molecule has 1 aromatic heterocycles. The number of carbonyl (C=O) groups is 2. The van der Waals surface area contributed by atoms with E-state index in [0.717, 1.165) is 31.6 Å². The average Bonchev–Trinajstić information content (AvgIpc) is 3.33. The lowest BCUT2D eigenvalue weighted by atomic mass is 9.85. The summed E-state index contributed by atoms with van der Waals surface area (Å²) in [6.07, 6.45) is 3.66. The Kier molecular flexibility index (Phi) is 7.33. The summed E-state index contributed by atoms with van der Waals surface area (Å²) < 4.78 is 7.05. The summed E-state index contributed by atoms with van der Waals surface area (Å²) in [6.45, 7) is 8.58. The zero-order valence-electron chi connectivity index (χ0n) is 19.2. The standard InChI is InChI=1S/C21H36N6O4/c1-21(2,3)18(20(30)26-13-15(28)10-17(26)19(29)22-4)27-12-14(23-24-27)11-25-8-6-16(31-5)7-9-25/h12,15-18,28H,6-11,13H2,1-5H3,(H,22,29)/t15?,17-,18?/m1/s1. The average molecular weight is 437 g/mol. The first-order valence-electron chi connectivity index (χ1n) is 11.0. The first kappa shape index (κ1) is 23.6. The number of methoxy groups -OCH3 is 1. The maximum absolute atomic E-state index is 13.6. The van der Waals surface area contributed by atoms with Gasteiger partial charge < -0.3 is 20.1 Å². The smallest absolute Gasteiger partial charge is 0.248 e. The molecule has 2 saturated heterocycles. The molecule has 0 aromatic carbocycles. The molecular weight excluding hydrogens is 400 g/mol. The Morgan fingerprint density at radius 3 is 2.58 bits per heavy atom. The van der Waals surface area contributed by atoms with E-state index in [0.29, 0.717) is 12.6 Å². The largest absolute Gasteiger partial charge is 0.391 e. The number of β-amino-alcohol motifs (C(OH)–C–C–N with tert-alkyl or cyclic N) is 1. The first-order valence-corrected chi connectivity index (χ1v) is 11.0. The molecule has 0 saturated carbocycles. The van der Waals surface area contributed by atoms with Crippen molar-refractivity contribution in [2.45, 2.75) is 70.9 Å². The van der Waals surface area contributed by atoms with Gasteiger partial charge in [-0.1, -0.05) is 26.0 Å². The molecule has 10 heteroatoms. The number of piperidine rings is 1. The minimum absolute atomic E-state index is 0.138. The fourth-order valence-electron chi connectivity index (χ4n) is 4.55. The predicted molar refractivity (Wildman–Crippen MR) is 114 cm³/mol. The lowest BCUT2D eigenvalue weighted by Gasteiger charge is -2.34. The molecule has 2 aliphatic heterocycles. The number of rotatable bonds is 6. The van der Waals surface area contributed by atoms with Gasteiger partial charge in [-0.2, -0.15) is 0 Å². The summed E-state index contributed by atoms with van der Waals surface area (Å²) in [4.78, 5) is 29.6. The maximum Gasteiger partial charge on any atom is 0.248 e. The van der Waals surface area contributed by atoms with Gasteiger partial charge in [0, 0.05) is 46.8 Å². The summed E-state index contributed by atoms with van der Waals surface area (Å²) in [5, 5.41) is 21.3. The SMILES string of the molecule is CNC(=O)[C@H]1CC(O)CN1C(=O)C(n1cc(CN2CCC(OC)CC2)nn1)C(C)(C)C. The van der Waals surface area contributed by atoms with Crippen LogP contribution in [0.1, 0.15) is 51.8 Å². The highest BCUT2D eigenvalue weighted by molar-refractivity contribution is 5.90. The molecule has 0 spiro atoms. The zero-order valence-corrected chi connectivity index (χ0v) is 19.2. The van der Waals surface area contributed by atoms with Gasteiger partial charge in [0.1, 0.15) is 12.1 Å². The molecule has 3 heterocycles. The summed E-state index contributed by atoms with van der Waals surface area (Å²) in [5.41, 5.74) is 0.349. The van der Waals surface area contributed by atoms with Crippen LogP contribution in [0.5, 0.6) is 0 Å². The number of hydrogen-bond acceptors (Lipinski definition) is 7. The number of hydrogen-bond donors (Lipinski definition) is 2. The summed E-state index contributed by atoms with van der Waals surface area (Å²) >= 11 is 0. The molecule has 3 atom stereocenters. The molecule has 31 heavy (non-hydrogen) atoms. The van der Waals surface area contributed by atoms with E-state index in [-0.39, 0.29) is 24.8 Å². The Balaban J connectivity index is 1.76. The number of aliphatic hydroxyl groups is 1. The van der Waals surface area contributed by atoms with Crippen LogP contribution < -0.4 is 5.32 Å². The molecule has 1 aromatic rings. The van der Waals surface area contributed by atoms with Crippen molar-refractivity contribution in [3.05, 3.63) is 11.9 Å². The van der Waals surface area contributed by atoms with Crippen molar-refractivity contribution in [3.63, 3.8) is 0 Å². The van der Waals surface area contributed by atoms with E-state index < -0.39 is 23.6 Å². The molecule has 0 bridgehead atoms. The van der Waals surface area contributed by atoms with Crippen molar-refractivity contribution in [1.29, 1.82) is 0 Å². The van der Waals surface area contributed by atoms with Crippen LogP contribution in [0.15, 0.2) is 6.20 Å². The molecule has 2 unspecified atom stereocenters. The van der Waals surface area contributed by atoms with E-state index in [2.05, 4.69) is 20.5 Å². The van der Waals surface area contributed by atoms with E-state index in [4.69, 9.17) is 4.74 Å². The Hall–Kier alpha value is -2.04. The summed E-state index contributed by atoms with van der Waals surface area (Å²) in [5.74, 6) is -0.494. The third kappa shape index (κ3) is 5.42. The van der Waals surface area contributed by atoms with Gasteiger partial charge in [0.05, 0.1) is 24.1 Å². The minimum Gasteiger partial charge on any atom is -0.391 e. The zero-order chi connectivity index (χ0) is 22.8. The molecule has 2 fully saturated rings. The van der Waals surface area contributed by atoms with Crippen molar-refractivity contribution in [2.24, 2.45) is 5.41 Å². The number of likely N-dealkylation sites (N-methyl/N-ethyl adjacent to an activating group) is 1. The van der Waals surface area contributed by atoms with Crippen LogP contribution in [0.25, 0.3) is 0 Å². The minimum atomic E-state index is -0.715. The third-order valence-corrected chi connectivity index (χ3v) is 6.24. The highest BCUT2D eigenvalue weighted by Crippen LogP contribution is 2.34. The number of aromatic nitrogens is 3. The number of amides is 2. The van der Waals surface area contributed by atoms with Crippen LogP contribution in [0.3, 0.4) is 0 Å². The van der Waals surface area contributed by atoms with Crippen molar-refractivity contribution < 1.29 is 19.4 Å². The number of aliphatic hydroxyl groups excluding tert-OH is 1. The summed E-state index contributed by atoms with van der Waals surface area (Å²) in [7, 11) is 3.29. The number of nitrogens with one attached hydrogen (secondary N) is 1. The predicted octanol–water partition coefficient (Wildman–Crippen LogP) is 0.184. The third-order valence-electron chi connectivity index (χ3n) is 6.24. The van der Waals surface area contributed by atoms with Gasteiger partial charge in [-0.15, -0.1) is 5.10 Å². The van der Waals surface area contributed by atoms with E-state index >= 15 is 0 Å². The number of carbonyl (C=O) groups excluding carboxylic acids is 2. The molecular formula is C21H36N6O4. The fraction of sp³-hybridized carbons (Fsp3) is 0.810. The molecule has 0 aliphatic carbocycles. The van der Waals surface area contributed by atoms with Gasteiger partial charge >= 0.3 is 0 Å². The highest BCUT2D eigenvalue weighted by Gasteiger charge is 2.45. The summed E-state index contributed by atoms with van der Waals surface area (Å²) in [6, 6.07) is -1.31. The van der Waals surface area contributed by atoms with Crippen LogP contribution in [0, 0.1) is 5.41 Å². The molecule has 2 aliphatic rings. The quantitative estimate of drug-likeness (QED) is 0.654. The van der Waals surface area contributed by atoms with Crippen LogP contribution in [0.2, 0.25) is 0 Å². The second-order valence-electron chi connectivity index (χ2n) is 9.68. The maximum atomic E-state index is 13.6. The van der Waals surface area contributed by atoms with Gasteiger partial charge in [0.15, 0.2) is 0 Å². The van der Waals surface area contributed by atoms with Crippen LogP contribution in [-0.4, -0.2) is 93.8 Å². The number of likely N-dealkylation sites (tertiary alicyclic amines) is 2. The topological polar surface area (TPSA) is 113 Å². The molecule has 0 radical (unpaired) electrons. The van der Waals surface area contributed by atoms with E-state index in [1.807, 2.05) is 27.0 Å². The van der Waals surface area contributed by atoms with Gasteiger partial charge in [0.2, 0.25) is 11.8 Å². The Labute approximate surface area is 183 Å². The van der Waals surface area contributed by atoms with E-state index in [1.54, 1.807) is 11.8 Å². The van der Waals surface area contributed by atoms with Crippen molar-refractivity contribution in [2.75, 3.05) is 33.8 Å². The van der Waals surface area contributed by atoms with Crippen LogP contribution >= 0.6 is 0 Å². The van der Waals surface area contributed by atoms with Crippen molar-refractivity contribution in [3.8, 4) is 0 Å². The van der Waals surface area contributed by atoms with Gasteiger partial charge in [0.25, 0.3) is 0 Å². The molecule has 174 valence electrons. The second-order valence-corrected chi connectivity index (χ2v) is 9.68. The molecule has 10 nitrogen and oxygen atoms in total. The fourth-order valence-corrected chi connectivity index (χ4v) is 4.55. The van der Waals surface area contributed by atoms with E-state index in [9.17, 15) is 14.7 Å². The van der Waals surface area contributed by atoms with Gasteiger partial charge in [-0.3, -0.25) is 14.5 Å². The number of nitrogens with zero attached hydrogens (tertiary/aromatic N) is 5. The number of ether oxygens (including phenoxy) is 1. The lowest BCUT2D eigenvalue weighted by Crippen LogP contribution is -2.49. The normalized spacial score (nSPS) is 24.4. The van der Waals surface area contributed by atoms with Crippen LogP contribution in [-0.2, 0) is 20.9 Å².